The molecule has 5 heteroatoms. The Bertz CT molecular complexity index is 146. The van der Waals surface area contributed by atoms with Gasteiger partial charge >= 0.3 is 0 Å². The van der Waals surface area contributed by atoms with Crippen LogP contribution >= 0.6 is 24.8 Å². The van der Waals surface area contributed by atoms with Gasteiger partial charge in [-0.2, -0.15) is 0 Å². The predicted molar refractivity (Wildman–Crippen MR) is 76.0 cm³/mol. The second kappa shape index (κ2) is 8.54. The molecule has 0 radical (unpaired) electrons. The molecule has 0 saturated carbocycles. The van der Waals surface area contributed by atoms with Gasteiger partial charge in [-0.3, -0.25) is 0 Å². The highest BCUT2D eigenvalue weighted by atomic mass is 35.5. The van der Waals surface area contributed by atoms with E-state index in [1.165, 1.54) is 0 Å². The lowest BCUT2D eigenvalue weighted by molar-refractivity contribution is 0.149. The lowest BCUT2D eigenvalue weighted by atomic mass is 10.1. The Balaban J connectivity index is -0.000000845. The standard InChI is InChI=1S/C11H26N2O.2ClH/c1-10(2,3)12-7-9(14)8-13-11(4,5)6;;/h9,12-14H,7-8H2,1-6H3;2*1H. The van der Waals surface area contributed by atoms with E-state index in [9.17, 15) is 5.11 Å². The van der Waals surface area contributed by atoms with Gasteiger partial charge < -0.3 is 15.7 Å². The quantitative estimate of drug-likeness (QED) is 0.735. The molecule has 3 nitrogen and oxygen atoms in total. The third kappa shape index (κ3) is 16.9. The second-order valence-corrected chi connectivity index (χ2v) is 5.92. The van der Waals surface area contributed by atoms with Crippen molar-refractivity contribution >= 4 is 24.8 Å². The van der Waals surface area contributed by atoms with Crippen molar-refractivity contribution in [3.8, 4) is 0 Å². The van der Waals surface area contributed by atoms with Crippen molar-refractivity contribution in [2.75, 3.05) is 13.1 Å². The average Bonchev–Trinajstić information content (AvgIpc) is 1.94. The van der Waals surface area contributed by atoms with Gasteiger partial charge in [-0.1, -0.05) is 0 Å². The maximum absolute atomic E-state index is 9.65. The highest BCUT2D eigenvalue weighted by Crippen LogP contribution is 2.00. The molecular weight excluding hydrogens is 247 g/mol. The van der Waals surface area contributed by atoms with Gasteiger partial charge in [-0.25, -0.2) is 0 Å². The Labute approximate surface area is 113 Å². The summed E-state index contributed by atoms with van der Waals surface area (Å²) in [5.41, 5.74) is 0.144. The Hall–Kier alpha value is 0.460. The molecule has 0 amide bonds. The summed E-state index contributed by atoms with van der Waals surface area (Å²) in [7, 11) is 0. The van der Waals surface area contributed by atoms with Gasteiger partial charge in [0.1, 0.15) is 0 Å². The molecule has 0 aromatic carbocycles. The number of hydrogen-bond donors (Lipinski definition) is 3. The summed E-state index contributed by atoms with van der Waals surface area (Å²) in [5, 5.41) is 16.2. The minimum Gasteiger partial charge on any atom is -0.390 e. The van der Waals surface area contributed by atoms with Gasteiger partial charge in [0.05, 0.1) is 6.10 Å². The number of nitrogens with one attached hydrogen (secondary N) is 2. The van der Waals surface area contributed by atoms with Crippen LogP contribution in [-0.4, -0.2) is 35.4 Å². The predicted octanol–water partition coefficient (Wildman–Crippen LogP) is 1.97. The summed E-state index contributed by atoms with van der Waals surface area (Å²) in [5.74, 6) is 0. The molecule has 102 valence electrons. The topological polar surface area (TPSA) is 44.3 Å². The second-order valence-electron chi connectivity index (χ2n) is 5.92. The normalized spacial score (nSPS) is 12.0. The van der Waals surface area contributed by atoms with Crippen LogP contribution in [0.5, 0.6) is 0 Å². The molecule has 0 aromatic rings. The molecule has 0 saturated heterocycles. The first-order chi connectivity index (χ1) is 6.10. The zero-order chi connectivity index (χ0) is 11.4. The monoisotopic (exact) mass is 274 g/mol. The van der Waals surface area contributed by atoms with Crippen LogP contribution in [0.4, 0.5) is 0 Å². The fraction of sp³-hybridized carbons (Fsp3) is 1.00. The van der Waals surface area contributed by atoms with Crippen molar-refractivity contribution in [1.82, 2.24) is 10.6 Å². The van der Waals surface area contributed by atoms with Gasteiger partial charge in [0.2, 0.25) is 0 Å². The molecule has 0 aliphatic heterocycles. The fourth-order valence-corrected chi connectivity index (χ4v) is 0.920. The number of β-amino-alcohol motifs (C(OH)–C–C–N with tert-alkyl or cyclic N) is 1. The van der Waals surface area contributed by atoms with E-state index in [1.54, 1.807) is 0 Å². The van der Waals surface area contributed by atoms with E-state index in [1.807, 2.05) is 0 Å². The van der Waals surface area contributed by atoms with Crippen LogP contribution in [-0.2, 0) is 0 Å². The van der Waals surface area contributed by atoms with E-state index in [2.05, 4.69) is 52.2 Å². The van der Waals surface area contributed by atoms with E-state index in [0.29, 0.717) is 13.1 Å². The van der Waals surface area contributed by atoms with Crippen molar-refractivity contribution in [2.45, 2.75) is 58.7 Å². The number of rotatable bonds is 4. The van der Waals surface area contributed by atoms with E-state index >= 15 is 0 Å². The summed E-state index contributed by atoms with van der Waals surface area (Å²) in [6.07, 6.45) is -0.326. The zero-order valence-electron chi connectivity index (χ0n) is 11.3. The molecule has 0 spiro atoms. The molecule has 3 N–H and O–H groups in total. The first kappa shape index (κ1) is 21.7. The third-order valence-corrected chi connectivity index (χ3v) is 1.74. The average molecular weight is 275 g/mol. The van der Waals surface area contributed by atoms with Gasteiger partial charge in [0.25, 0.3) is 0 Å². The molecule has 16 heavy (non-hydrogen) atoms. The highest BCUT2D eigenvalue weighted by molar-refractivity contribution is 5.85. The van der Waals surface area contributed by atoms with Crippen LogP contribution in [0.1, 0.15) is 41.5 Å². The minimum absolute atomic E-state index is 0. The maximum Gasteiger partial charge on any atom is 0.0789 e. The van der Waals surface area contributed by atoms with E-state index < -0.39 is 0 Å². The molecular formula is C11H28Cl2N2O. The van der Waals surface area contributed by atoms with Crippen molar-refractivity contribution in [3.63, 3.8) is 0 Å². The number of halogens is 2. The molecule has 0 aliphatic carbocycles. The lowest BCUT2D eigenvalue weighted by Crippen LogP contribution is -2.47. The summed E-state index contributed by atoms with van der Waals surface area (Å²) in [6.45, 7) is 13.8. The van der Waals surface area contributed by atoms with Gasteiger partial charge in [0.15, 0.2) is 0 Å². The first-order valence-electron chi connectivity index (χ1n) is 5.28. The molecule has 0 atom stereocenters. The Morgan fingerprint density at radius 3 is 1.25 bits per heavy atom. The van der Waals surface area contributed by atoms with Crippen LogP contribution in [0.15, 0.2) is 0 Å². The van der Waals surface area contributed by atoms with Gasteiger partial charge in [0, 0.05) is 24.2 Å². The van der Waals surface area contributed by atoms with Crippen molar-refractivity contribution in [3.05, 3.63) is 0 Å². The number of aliphatic hydroxyl groups excluding tert-OH is 1. The van der Waals surface area contributed by atoms with E-state index in [0.717, 1.165) is 0 Å². The molecule has 0 fully saturated rings. The molecule has 0 aromatic heterocycles. The van der Waals surface area contributed by atoms with E-state index in [-0.39, 0.29) is 42.0 Å². The summed E-state index contributed by atoms with van der Waals surface area (Å²) in [4.78, 5) is 0. The Morgan fingerprint density at radius 1 is 0.812 bits per heavy atom. The largest absolute Gasteiger partial charge is 0.390 e. The number of hydrogen-bond acceptors (Lipinski definition) is 3. The first-order valence-corrected chi connectivity index (χ1v) is 5.28. The summed E-state index contributed by atoms with van der Waals surface area (Å²) < 4.78 is 0. The molecule has 0 rings (SSSR count). The molecule has 0 unspecified atom stereocenters. The SMILES string of the molecule is CC(C)(C)NCC(O)CNC(C)(C)C.Cl.Cl. The summed E-state index contributed by atoms with van der Waals surface area (Å²) >= 11 is 0. The van der Waals surface area contributed by atoms with E-state index in [4.69, 9.17) is 0 Å². The molecule has 0 heterocycles. The van der Waals surface area contributed by atoms with Crippen LogP contribution in [0.2, 0.25) is 0 Å². The van der Waals surface area contributed by atoms with Crippen LogP contribution in [0, 0.1) is 0 Å². The third-order valence-electron chi connectivity index (χ3n) is 1.74. The maximum atomic E-state index is 9.65. The minimum atomic E-state index is -0.326. The molecule has 0 aliphatic rings. The van der Waals surface area contributed by atoms with Crippen LogP contribution < -0.4 is 10.6 Å². The van der Waals surface area contributed by atoms with Crippen molar-refractivity contribution < 1.29 is 5.11 Å². The molecule has 0 bridgehead atoms. The zero-order valence-corrected chi connectivity index (χ0v) is 12.9. The van der Waals surface area contributed by atoms with Crippen LogP contribution in [0.3, 0.4) is 0 Å². The van der Waals surface area contributed by atoms with Gasteiger partial charge in [-0.15, -0.1) is 24.8 Å². The Kier molecular flexibility index (Phi) is 11.6. The highest BCUT2D eigenvalue weighted by Gasteiger charge is 2.14. The van der Waals surface area contributed by atoms with Crippen LogP contribution in [0.25, 0.3) is 0 Å². The Morgan fingerprint density at radius 2 is 1.06 bits per heavy atom. The fourth-order valence-electron chi connectivity index (χ4n) is 0.920. The van der Waals surface area contributed by atoms with Crippen molar-refractivity contribution in [1.29, 1.82) is 0 Å². The van der Waals surface area contributed by atoms with Gasteiger partial charge in [-0.05, 0) is 41.5 Å². The number of aliphatic hydroxyl groups is 1. The smallest absolute Gasteiger partial charge is 0.0789 e. The summed E-state index contributed by atoms with van der Waals surface area (Å²) in [6, 6.07) is 0. The lowest BCUT2D eigenvalue weighted by Gasteiger charge is -2.26. The van der Waals surface area contributed by atoms with Crippen molar-refractivity contribution in [2.24, 2.45) is 0 Å².